The Hall–Kier alpha value is -3.49. The number of aliphatic imine (C=N–C) groups is 1. The van der Waals surface area contributed by atoms with Gasteiger partial charge in [0.1, 0.15) is 23.7 Å². The molecule has 0 aliphatic rings. The number of aromatic nitrogens is 4. The molecule has 0 unspecified atom stereocenters. The number of nitrogens with zero attached hydrogens (tertiary/aromatic N) is 5. The SMILES string of the molecule is CCc1nncn1CCNC(=NC)NCc1ccnc(Oc2ccc(F)cc2)c1. The van der Waals surface area contributed by atoms with Crippen LogP contribution < -0.4 is 15.4 Å². The Balaban J connectivity index is 1.49. The Labute approximate surface area is 168 Å². The van der Waals surface area contributed by atoms with Gasteiger partial charge in [0.25, 0.3) is 0 Å². The molecule has 0 bridgehead atoms. The van der Waals surface area contributed by atoms with Crippen LogP contribution in [0.3, 0.4) is 0 Å². The van der Waals surface area contributed by atoms with Crippen LogP contribution in [-0.2, 0) is 19.5 Å². The molecular weight excluding hydrogens is 373 g/mol. The molecule has 0 spiro atoms. The number of pyridine rings is 1. The molecular formula is C20H24FN7O. The van der Waals surface area contributed by atoms with Crippen LogP contribution in [0.25, 0.3) is 0 Å². The molecule has 29 heavy (non-hydrogen) atoms. The van der Waals surface area contributed by atoms with Gasteiger partial charge in [-0.3, -0.25) is 4.99 Å². The third-order valence-corrected chi connectivity index (χ3v) is 4.18. The minimum absolute atomic E-state index is 0.308. The minimum atomic E-state index is -0.308. The highest BCUT2D eigenvalue weighted by Crippen LogP contribution is 2.20. The van der Waals surface area contributed by atoms with Gasteiger partial charge in [-0.05, 0) is 35.9 Å². The van der Waals surface area contributed by atoms with Gasteiger partial charge in [0, 0.05) is 45.4 Å². The smallest absolute Gasteiger partial charge is 0.219 e. The van der Waals surface area contributed by atoms with E-state index in [0.29, 0.717) is 30.7 Å². The van der Waals surface area contributed by atoms with Crippen molar-refractivity contribution in [2.24, 2.45) is 4.99 Å². The van der Waals surface area contributed by atoms with Crippen molar-refractivity contribution >= 4 is 5.96 Å². The van der Waals surface area contributed by atoms with Gasteiger partial charge in [0.05, 0.1) is 0 Å². The molecule has 152 valence electrons. The minimum Gasteiger partial charge on any atom is -0.439 e. The van der Waals surface area contributed by atoms with E-state index in [9.17, 15) is 4.39 Å². The first-order chi connectivity index (χ1) is 14.2. The number of benzene rings is 1. The van der Waals surface area contributed by atoms with Crippen LogP contribution in [0.5, 0.6) is 11.6 Å². The summed E-state index contributed by atoms with van der Waals surface area (Å²) in [5.41, 5.74) is 0.979. The molecule has 8 nitrogen and oxygen atoms in total. The van der Waals surface area contributed by atoms with Crippen LogP contribution in [0.2, 0.25) is 0 Å². The van der Waals surface area contributed by atoms with E-state index >= 15 is 0 Å². The molecule has 0 saturated carbocycles. The number of aryl methyl sites for hydroxylation is 1. The molecule has 0 saturated heterocycles. The summed E-state index contributed by atoms with van der Waals surface area (Å²) in [4.78, 5) is 8.43. The van der Waals surface area contributed by atoms with Crippen LogP contribution >= 0.6 is 0 Å². The van der Waals surface area contributed by atoms with E-state index in [4.69, 9.17) is 4.74 Å². The van der Waals surface area contributed by atoms with Crippen molar-refractivity contribution in [3.05, 3.63) is 66.1 Å². The van der Waals surface area contributed by atoms with Gasteiger partial charge in [0.15, 0.2) is 5.96 Å². The average molecular weight is 397 g/mol. The Bertz CT molecular complexity index is 940. The number of nitrogens with one attached hydrogen (secondary N) is 2. The van der Waals surface area contributed by atoms with Gasteiger partial charge >= 0.3 is 0 Å². The van der Waals surface area contributed by atoms with Gasteiger partial charge in [-0.1, -0.05) is 6.92 Å². The van der Waals surface area contributed by atoms with Crippen LogP contribution in [0.1, 0.15) is 18.3 Å². The standard InChI is InChI=1S/C20H24FN7O/c1-3-18-27-26-14-28(18)11-10-24-20(22-2)25-13-15-8-9-23-19(12-15)29-17-6-4-16(21)5-7-17/h4-9,12,14H,3,10-11,13H2,1-2H3,(H2,22,24,25). The van der Waals surface area contributed by atoms with Crippen molar-refractivity contribution in [2.45, 2.75) is 26.4 Å². The lowest BCUT2D eigenvalue weighted by Crippen LogP contribution is -2.38. The number of ether oxygens (including phenoxy) is 1. The summed E-state index contributed by atoms with van der Waals surface area (Å²) in [6.07, 6.45) is 4.25. The fraction of sp³-hybridized carbons (Fsp3) is 0.300. The van der Waals surface area contributed by atoms with Crippen molar-refractivity contribution in [1.82, 2.24) is 30.4 Å². The second-order valence-electron chi connectivity index (χ2n) is 6.20. The molecule has 9 heteroatoms. The van der Waals surface area contributed by atoms with E-state index in [0.717, 1.165) is 24.4 Å². The molecule has 2 heterocycles. The maximum atomic E-state index is 13.0. The maximum Gasteiger partial charge on any atom is 0.219 e. The summed E-state index contributed by atoms with van der Waals surface area (Å²) < 4.78 is 20.7. The summed E-state index contributed by atoms with van der Waals surface area (Å²) in [6, 6.07) is 9.54. The van der Waals surface area contributed by atoms with Gasteiger partial charge in [-0.15, -0.1) is 10.2 Å². The summed E-state index contributed by atoms with van der Waals surface area (Å²) in [7, 11) is 1.72. The van der Waals surface area contributed by atoms with Crippen molar-refractivity contribution in [3.8, 4) is 11.6 Å². The first-order valence-corrected chi connectivity index (χ1v) is 9.37. The Kier molecular flexibility index (Phi) is 7.10. The monoisotopic (exact) mass is 397 g/mol. The lowest BCUT2D eigenvalue weighted by molar-refractivity contribution is 0.460. The van der Waals surface area contributed by atoms with Crippen molar-refractivity contribution in [3.63, 3.8) is 0 Å². The lowest BCUT2D eigenvalue weighted by atomic mass is 10.2. The van der Waals surface area contributed by atoms with E-state index in [2.05, 4.69) is 37.7 Å². The average Bonchev–Trinajstić information content (AvgIpc) is 3.20. The number of hydrogen-bond donors (Lipinski definition) is 2. The zero-order valence-corrected chi connectivity index (χ0v) is 16.5. The highest BCUT2D eigenvalue weighted by Gasteiger charge is 2.04. The molecule has 0 aliphatic carbocycles. The Morgan fingerprint density at radius 1 is 1.21 bits per heavy atom. The van der Waals surface area contributed by atoms with Crippen molar-refractivity contribution in [2.75, 3.05) is 13.6 Å². The summed E-state index contributed by atoms with van der Waals surface area (Å²) in [6.45, 7) is 4.05. The van der Waals surface area contributed by atoms with Crippen LogP contribution in [0.15, 0.2) is 53.9 Å². The third-order valence-electron chi connectivity index (χ3n) is 4.18. The van der Waals surface area contributed by atoms with E-state index in [1.165, 1.54) is 12.1 Å². The van der Waals surface area contributed by atoms with Gasteiger partial charge in [-0.25, -0.2) is 9.37 Å². The zero-order chi connectivity index (χ0) is 20.5. The molecule has 2 aromatic heterocycles. The maximum absolute atomic E-state index is 13.0. The summed E-state index contributed by atoms with van der Waals surface area (Å²) >= 11 is 0. The summed E-state index contributed by atoms with van der Waals surface area (Å²) in [5.74, 6) is 2.31. The zero-order valence-electron chi connectivity index (χ0n) is 16.5. The lowest BCUT2D eigenvalue weighted by Gasteiger charge is -2.13. The Morgan fingerprint density at radius 3 is 2.79 bits per heavy atom. The second-order valence-corrected chi connectivity index (χ2v) is 6.20. The second kappa shape index (κ2) is 10.2. The fourth-order valence-electron chi connectivity index (χ4n) is 2.68. The highest BCUT2D eigenvalue weighted by atomic mass is 19.1. The predicted octanol–water partition coefficient (Wildman–Crippen LogP) is 2.53. The first kappa shape index (κ1) is 20.2. The number of rotatable bonds is 8. The molecule has 0 aliphatic heterocycles. The van der Waals surface area contributed by atoms with Crippen molar-refractivity contribution in [1.29, 1.82) is 0 Å². The first-order valence-electron chi connectivity index (χ1n) is 9.37. The van der Waals surface area contributed by atoms with Crippen LogP contribution in [0.4, 0.5) is 4.39 Å². The van der Waals surface area contributed by atoms with E-state index in [1.807, 2.05) is 16.7 Å². The molecule has 0 amide bonds. The normalized spacial score (nSPS) is 11.3. The molecule has 3 aromatic rings. The number of halogens is 1. The highest BCUT2D eigenvalue weighted by molar-refractivity contribution is 5.79. The molecule has 2 N–H and O–H groups in total. The number of hydrogen-bond acceptors (Lipinski definition) is 5. The fourth-order valence-corrected chi connectivity index (χ4v) is 2.68. The van der Waals surface area contributed by atoms with Gasteiger partial charge < -0.3 is 19.9 Å². The van der Waals surface area contributed by atoms with Gasteiger partial charge in [0.2, 0.25) is 5.88 Å². The van der Waals surface area contributed by atoms with Gasteiger partial charge in [-0.2, -0.15) is 0 Å². The molecule has 0 atom stereocenters. The predicted molar refractivity (Wildman–Crippen MR) is 108 cm³/mol. The van der Waals surface area contributed by atoms with E-state index in [1.54, 1.807) is 31.7 Å². The van der Waals surface area contributed by atoms with Crippen molar-refractivity contribution < 1.29 is 9.13 Å². The number of guanidine groups is 1. The molecule has 0 radical (unpaired) electrons. The topological polar surface area (TPSA) is 89.2 Å². The quantitative estimate of drug-likeness (QED) is 0.449. The van der Waals surface area contributed by atoms with Crippen LogP contribution in [-0.4, -0.2) is 39.3 Å². The third kappa shape index (κ3) is 6.00. The molecule has 3 rings (SSSR count). The molecule has 0 fully saturated rings. The largest absolute Gasteiger partial charge is 0.439 e. The summed E-state index contributed by atoms with van der Waals surface area (Å²) in [5, 5.41) is 14.5. The van der Waals surface area contributed by atoms with Crippen LogP contribution in [0, 0.1) is 5.82 Å². The molecule has 1 aromatic carbocycles. The van der Waals surface area contributed by atoms with E-state index in [-0.39, 0.29) is 5.82 Å². The van der Waals surface area contributed by atoms with E-state index < -0.39 is 0 Å². The Morgan fingerprint density at radius 2 is 2.03 bits per heavy atom.